The number of benzene rings is 1. The Bertz CT molecular complexity index is 1190. The van der Waals surface area contributed by atoms with Crippen molar-refractivity contribution in [1.82, 2.24) is 14.5 Å². The van der Waals surface area contributed by atoms with Crippen LogP contribution in [-0.4, -0.2) is 58.0 Å². The molecule has 9 nitrogen and oxygen atoms in total. The average Bonchev–Trinajstić information content (AvgIpc) is 3.17. The predicted molar refractivity (Wildman–Crippen MR) is 117 cm³/mol. The Balaban J connectivity index is 0.000000406. The number of hydrogen-bond donors (Lipinski definition) is 2. The molecule has 3 aromatic rings. The first-order chi connectivity index (χ1) is 16.1. The summed E-state index contributed by atoms with van der Waals surface area (Å²) in [7, 11) is 1.66. The summed E-state index contributed by atoms with van der Waals surface area (Å²) < 4.78 is 39.3. The number of piperidine rings is 1. The minimum Gasteiger partial charge on any atom is -0.497 e. The molecule has 0 aliphatic carbocycles. The quantitative estimate of drug-likeness (QED) is 0.588. The molecule has 0 bridgehead atoms. The Morgan fingerprint density at radius 2 is 2.09 bits per heavy atom. The van der Waals surface area contributed by atoms with Gasteiger partial charge in [-0.1, -0.05) is 0 Å². The van der Waals surface area contributed by atoms with Gasteiger partial charge in [-0.05, 0) is 37.1 Å². The lowest BCUT2D eigenvalue weighted by Crippen LogP contribution is -2.44. The number of ether oxygens (including phenoxy) is 1. The maximum Gasteiger partial charge on any atom is 0.490 e. The number of hydrogen-bond acceptors (Lipinski definition) is 7. The second-order valence-corrected chi connectivity index (χ2v) is 7.65. The molecule has 180 valence electrons. The largest absolute Gasteiger partial charge is 0.497 e. The summed E-state index contributed by atoms with van der Waals surface area (Å²) >= 11 is 0. The first-order valence-electron chi connectivity index (χ1n) is 10.3. The zero-order chi connectivity index (χ0) is 24.9. The molecule has 1 fully saturated rings. The Morgan fingerprint density at radius 3 is 2.65 bits per heavy atom. The van der Waals surface area contributed by atoms with Gasteiger partial charge in [-0.3, -0.25) is 4.98 Å². The standard InChI is InChI=1S/C20H22N6O.C2HF3O2/c1-27-17-6-7-18-19(9-17)26(13-16-5-4-14(10-21)11-23-16)20(24-18)25-8-2-3-15(22)12-25;3-2(4,5)1(6)7/h4-7,9,11,15H,2-3,8,12-13,22H2,1H3;(H,6,7). The molecule has 4 rings (SSSR count). The molecule has 1 aliphatic heterocycles. The fourth-order valence-corrected chi connectivity index (χ4v) is 3.55. The molecule has 0 radical (unpaired) electrons. The number of nitrogens with two attached hydrogens (primary N) is 1. The normalized spacial score (nSPS) is 15.9. The van der Waals surface area contributed by atoms with Gasteiger partial charge in [0.1, 0.15) is 11.8 Å². The molecule has 1 aliphatic rings. The summed E-state index contributed by atoms with van der Waals surface area (Å²) in [5.74, 6) is -1.06. The van der Waals surface area contributed by atoms with Gasteiger partial charge in [0, 0.05) is 31.4 Å². The molecule has 1 atom stereocenters. The summed E-state index contributed by atoms with van der Waals surface area (Å²) in [5.41, 5.74) is 9.53. The minimum atomic E-state index is -5.08. The molecule has 12 heteroatoms. The third-order valence-corrected chi connectivity index (χ3v) is 5.19. The number of halogens is 3. The van der Waals surface area contributed by atoms with Crippen LogP contribution in [0.5, 0.6) is 5.75 Å². The maximum atomic E-state index is 10.6. The van der Waals surface area contributed by atoms with Crippen molar-refractivity contribution in [3.63, 3.8) is 0 Å². The van der Waals surface area contributed by atoms with Gasteiger partial charge in [0.2, 0.25) is 5.95 Å². The molecule has 1 aromatic carbocycles. The van der Waals surface area contributed by atoms with E-state index in [0.717, 1.165) is 54.4 Å². The number of rotatable bonds is 4. The van der Waals surface area contributed by atoms with E-state index in [2.05, 4.69) is 20.5 Å². The van der Waals surface area contributed by atoms with Crippen LogP contribution in [0.4, 0.5) is 19.1 Å². The summed E-state index contributed by atoms with van der Waals surface area (Å²) in [6.07, 6.45) is -1.38. The number of alkyl halides is 3. The molecular formula is C22H23F3N6O3. The van der Waals surface area contributed by atoms with Gasteiger partial charge in [0.15, 0.2) is 0 Å². The van der Waals surface area contributed by atoms with Crippen LogP contribution in [0.25, 0.3) is 11.0 Å². The highest BCUT2D eigenvalue weighted by molar-refractivity contribution is 5.80. The highest BCUT2D eigenvalue weighted by Gasteiger charge is 2.38. The number of methoxy groups -OCH3 is 1. The van der Waals surface area contributed by atoms with Gasteiger partial charge in [0.25, 0.3) is 0 Å². The fraction of sp³-hybridized carbons (Fsp3) is 0.364. The number of carboxylic acids is 1. The summed E-state index contributed by atoms with van der Waals surface area (Å²) in [4.78, 5) is 20.5. The molecule has 1 unspecified atom stereocenters. The third-order valence-electron chi connectivity index (χ3n) is 5.19. The number of fused-ring (bicyclic) bond motifs is 1. The molecule has 3 heterocycles. The van der Waals surface area contributed by atoms with Crippen molar-refractivity contribution < 1.29 is 27.8 Å². The van der Waals surface area contributed by atoms with E-state index in [-0.39, 0.29) is 6.04 Å². The maximum absolute atomic E-state index is 10.6. The average molecular weight is 476 g/mol. The Kier molecular flexibility index (Phi) is 7.57. The van der Waals surface area contributed by atoms with Crippen LogP contribution in [-0.2, 0) is 11.3 Å². The monoisotopic (exact) mass is 476 g/mol. The third kappa shape index (κ3) is 5.93. The zero-order valence-electron chi connectivity index (χ0n) is 18.3. The Morgan fingerprint density at radius 1 is 1.35 bits per heavy atom. The number of pyridine rings is 1. The van der Waals surface area contributed by atoms with Gasteiger partial charge in [0.05, 0.1) is 35.9 Å². The second-order valence-electron chi connectivity index (χ2n) is 7.65. The molecule has 0 saturated carbocycles. The fourth-order valence-electron chi connectivity index (χ4n) is 3.55. The SMILES string of the molecule is COc1ccc2nc(N3CCCC(N)C3)n(Cc3ccc(C#N)cn3)c2c1.O=C(O)C(F)(F)F. The number of nitrogens with zero attached hydrogens (tertiary/aromatic N) is 5. The zero-order valence-corrected chi connectivity index (χ0v) is 18.3. The van der Waals surface area contributed by atoms with E-state index >= 15 is 0 Å². The number of nitriles is 1. The van der Waals surface area contributed by atoms with Crippen molar-refractivity contribution in [1.29, 1.82) is 5.26 Å². The van der Waals surface area contributed by atoms with Gasteiger partial charge >= 0.3 is 12.1 Å². The number of aliphatic carboxylic acids is 1. The van der Waals surface area contributed by atoms with Crippen molar-refractivity contribution in [2.75, 3.05) is 25.1 Å². The Hall–Kier alpha value is -3.85. The number of aromatic nitrogens is 3. The van der Waals surface area contributed by atoms with E-state index in [0.29, 0.717) is 12.1 Å². The highest BCUT2D eigenvalue weighted by atomic mass is 19.4. The lowest BCUT2D eigenvalue weighted by atomic mass is 10.1. The van der Waals surface area contributed by atoms with E-state index in [4.69, 9.17) is 30.6 Å². The van der Waals surface area contributed by atoms with Crippen molar-refractivity contribution in [2.24, 2.45) is 5.73 Å². The second kappa shape index (κ2) is 10.4. The first kappa shape index (κ1) is 24.8. The van der Waals surface area contributed by atoms with Crippen LogP contribution in [0, 0.1) is 11.3 Å². The molecule has 0 amide bonds. The number of anilines is 1. The molecule has 3 N–H and O–H groups in total. The molecular weight excluding hydrogens is 453 g/mol. The van der Waals surface area contributed by atoms with Crippen LogP contribution in [0.3, 0.4) is 0 Å². The van der Waals surface area contributed by atoms with Gasteiger partial charge in [-0.15, -0.1) is 0 Å². The predicted octanol–water partition coefficient (Wildman–Crippen LogP) is 2.92. The van der Waals surface area contributed by atoms with Gasteiger partial charge < -0.3 is 25.0 Å². The smallest absolute Gasteiger partial charge is 0.490 e. The van der Waals surface area contributed by atoms with Crippen LogP contribution in [0.15, 0.2) is 36.5 Å². The van der Waals surface area contributed by atoms with E-state index < -0.39 is 12.1 Å². The number of carbonyl (C=O) groups is 1. The van der Waals surface area contributed by atoms with E-state index in [1.54, 1.807) is 19.4 Å². The van der Waals surface area contributed by atoms with Crippen molar-refractivity contribution in [3.8, 4) is 11.8 Å². The van der Waals surface area contributed by atoms with Crippen LogP contribution in [0.2, 0.25) is 0 Å². The number of carboxylic acid groups (broad SMARTS) is 1. The molecule has 1 saturated heterocycles. The van der Waals surface area contributed by atoms with Crippen LogP contribution < -0.4 is 15.4 Å². The van der Waals surface area contributed by atoms with Gasteiger partial charge in [-0.2, -0.15) is 18.4 Å². The Labute approximate surface area is 193 Å². The van der Waals surface area contributed by atoms with Crippen LogP contribution >= 0.6 is 0 Å². The lowest BCUT2D eigenvalue weighted by molar-refractivity contribution is -0.192. The number of imidazole rings is 1. The molecule has 2 aromatic heterocycles. The van der Waals surface area contributed by atoms with Crippen LogP contribution in [0.1, 0.15) is 24.1 Å². The minimum absolute atomic E-state index is 0.162. The van der Waals surface area contributed by atoms with Crippen molar-refractivity contribution >= 4 is 23.0 Å². The van der Waals surface area contributed by atoms with E-state index in [9.17, 15) is 13.2 Å². The first-order valence-corrected chi connectivity index (χ1v) is 10.3. The van der Waals surface area contributed by atoms with E-state index in [1.807, 2.05) is 24.3 Å². The van der Waals surface area contributed by atoms with Gasteiger partial charge in [-0.25, -0.2) is 9.78 Å². The lowest BCUT2D eigenvalue weighted by Gasteiger charge is -2.32. The summed E-state index contributed by atoms with van der Waals surface area (Å²) in [6, 6.07) is 11.8. The van der Waals surface area contributed by atoms with Crippen molar-refractivity contribution in [3.05, 3.63) is 47.8 Å². The topological polar surface area (TPSA) is 130 Å². The molecule has 34 heavy (non-hydrogen) atoms. The molecule has 0 spiro atoms. The highest BCUT2D eigenvalue weighted by Crippen LogP contribution is 2.28. The van der Waals surface area contributed by atoms with Crippen molar-refractivity contribution in [2.45, 2.75) is 31.6 Å². The summed E-state index contributed by atoms with van der Waals surface area (Å²) in [5, 5.41) is 16.1. The summed E-state index contributed by atoms with van der Waals surface area (Å²) in [6.45, 7) is 2.30. The van der Waals surface area contributed by atoms with E-state index in [1.165, 1.54) is 0 Å².